The number of amides is 6. The molecule has 248 valence electrons. The van der Waals surface area contributed by atoms with Crippen LogP contribution in [0.25, 0.3) is 10.9 Å². The fourth-order valence-electron chi connectivity index (χ4n) is 5.81. The number of carbonyl (C=O) groups excluding carboxylic acids is 7. The van der Waals surface area contributed by atoms with Gasteiger partial charge in [0.25, 0.3) is 11.4 Å². The third-order valence-corrected chi connectivity index (χ3v) is 8.97. The molecule has 0 spiro atoms. The molecule has 1 aromatic heterocycles. The Hall–Kier alpha value is -4.60. The zero-order chi connectivity index (χ0) is 33.9. The van der Waals surface area contributed by atoms with Crippen LogP contribution in [0.2, 0.25) is 0 Å². The van der Waals surface area contributed by atoms with Crippen LogP contribution in [0.1, 0.15) is 59.9 Å². The summed E-state index contributed by atoms with van der Waals surface area (Å²) in [5.41, 5.74) is 3.93. The average molecular weight is 662 g/mol. The third-order valence-electron chi connectivity index (χ3n) is 8.18. The quantitative estimate of drug-likeness (QED) is 0.148. The first-order valence-corrected chi connectivity index (χ1v) is 16.1. The van der Waals surface area contributed by atoms with Gasteiger partial charge in [0.05, 0.1) is 0 Å². The van der Waals surface area contributed by atoms with Gasteiger partial charge in [0.1, 0.15) is 23.8 Å². The number of nitrogens with zero attached hydrogens (tertiary/aromatic N) is 2. The molecule has 0 aliphatic carbocycles. The molecule has 2 aromatic rings. The Labute approximate surface area is 262 Å². The molecule has 46 heavy (non-hydrogen) atoms. The van der Waals surface area contributed by atoms with Crippen molar-refractivity contribution in [3.05, 3.63) is 35.5 Å². The minimum Gasteiger partial charge on any atom is -0.370 e. The smallest absolute Gasteiger partial charge is 0.370 e. The highest BCUT2D eigenvalue weighted by Gasteiger charge is 2.46. The number of fused-ring (bicyclic) bond motifs is 2. The molecular weight excluding hydrogens is 625 g/mol. The lowest BCUT2D eigenvalue weighted by molar-refractivity contribution is -0.145. The van der Waals surface area contributed by atoms with Gasteiger partial charge < -0.3 is 46.3 Å². The fourth-order valence-corrected chi connectivity index (χ4v) is 6.29. The molecule has 2 aliphatic rings. The molecule has 1 aromatic carbocycles. The van der Waals surface area contributed by atoms with Gasteiger partial charge in [0.15, 0.2) is 0 Å². The molecular formula is C28H36N7O10P. The molecule has 3 heterocycles. The Kier molecular flexibility index (Phi) is 10.3. The number of likely N-dealkylation sites (N-methyl/N-ethyl adjacent to an activating group) is 1. The Bertz CT molecular complexity index is 1640. The van der Waals surface area contributed by atoms with Crippen molar-refractivity contribution in [2.75, 3.05) is 20.1 Å². The molecule has 4 rings (SSSR count). The van der Waals surface area contributed by atoms with E-state index in [4.69, 9.17) is 5.73 Å². The predicted octanol–water partition coefficient (Wildman–Crippen LogP) is -1.31. The van der Waals surface area contributed by atoms with E-state index in [0.29, 0.717) is 23.7 Å². The number of aromatic nitrogens is 1. The molecule has 2 saturated heterocycles. The van der Waals surface area contributed by atoms with Gasteiger partial charge in [-0.2, -0.15) is 0 Å². The van der Waals surface area contributed by atoms with E-state index < -0.39 is 66.8 Å². The van der Waals surface area contributed by atoms with E-state index in [0.717, 1.165) is 0 Å². The molecule has 8 N–H and O–H groups in total. The lowest BCUT2D eigenvalue weighted by Gasteiger charge is -2.38. The number of benzene rings is 1. The second-order valence-electron chi connectivity index (χ2n) is 11.3. The number of nitrogens with one attached hydrogen (secondary N) is 4. The van der Waals surface area contributed by atoms with Crippen LogP contribution < -0.4 is 21.7 Å². The maximum Gasteiger partial charge on any atom is 0.396 e. The largest absolute Gasteiger partial charge is 0.396 e. The van der Waals surface area contributed by atoms with Crippen LogP contribution in [-0.2, 0) is 28.5 Å². The summed E-state index contributed by atoms with van der Waals surface area (Å²) in [7, 11) is -3.66. The van der Waals surface area contributed by atoms with Gasteiger partial charge in [-0.05, 0) is 49.9 Å². The number of rotatable bonds is 10. The number of primary amides is 1. The summed E-state index contributed by atoms with van der Waals surface area (Å²) in [6.07, 6.45) is 0.875. The average Bonchev–Trinajstić information content (AvgIpc) is 3.62. The van der Waals surface area contributed by atoms with Crippen LogP contribution in [0, 0.1) is 0 Å². The van der Waals surface area contributed by atoms with Crippen molar-refractivity contribution in [2.45, 2.75) is 63.2 Å². The van der Waals surface area contributed by atoms with Crippen molar-refractivity contribution >= 4 is 59.5 Å². The van der Waals surface area contributed by atoms with E-state index in [1.165, 1.54) is 48.0 Å². The van der Waals surface area contributed by atoms with Crippen LogP contribution in [0.4, 0.5) is 0 Å². The highest BCUT2D eigenvalue weighted by molar-refractivity contribution is 7.70. The zero-order valence-electron chi connectivity index (χ0n) is 25.1. The predicted molar refractivity (Wildman–Crippen MR) is 161 cm³/mol. The fraction of sp³-hybridized carbons (Fsp3) is 0.464. The summed E-state index contributed by atoms with van der Waals surface area (Å²) in [6.45, 7) is 1.41. The van der Waals surface area contributed by atoms with Gasteiger partial charge >= 0.3 is 7.60 Å². The number of hydrogen-bond donors (Lipinski definition) is 7. The van der Waals surface area contributed by atoms with Gasteiger partial charge in [-0.15, -0.1) is 0 Å². The van der Waals surface area contributed by atoms with Crippen molar-refractivity contribution in [3.63, 3.8) is 0 Å². The molecule has 17 nitrogen and oxygen atoms in total. The summed E-state index contributed by atoms with van der Waals surface area (Å²) in [6, 6.07) is 1.37. The summed E-state index contributed by atoms with van der Waals surface area (Å²) in [4.78, 5) is 113. The van der Waals surface area contributed by atoms with Crippen LogP contribution >= 0.6 is 7.60 Å². The van der Waals surface area contributed by atoms with Crippen molar-refractivity contribution in [3.8, 4) is 0 Å². The van der Waals surface area contributed by atoms with Gasteiger partial charge in [0.2, 0.25) is 29.5 Å². The lowest BCUT2D eigenvalue weighted by Crippen LogP contribution is -2.61. The first-order chi connectivity index (χ1) is 21.6. The number of hydrogen-bond acceptors (Lipinski definition) is 8. The second kappa shape index (κ2) is 13.8. The summed E-state index contributed by atoms with van der Waals surface area (Å²) in [5, 5.41) is 7.99. The SMILES string of the molecule is CNC(=O)[C@H](CCC(N)=O)NC(=O)[C@@H]1CC[C@@H]2CCN(C(C)=O)CC(NC(=O)c3cc4cc(C(=O)P(=O)(O)O)ccc4[nH]3)C(=O)N21. The highest BCUT2D eigenvalue weighted by Crippen LogP contribution is 2.39. The molecule has 2 fully saturated rings. The number of H-pyrrole nitrogens is 1. The maximum absolute atomic E-state index is 14.0. The van der Waals surface area contributed by atoms with E-state index in [2.05, 4.69) is 20.9 Å². The van der Waals surface area contributed by atoms with Gasteiger partial charge in [-0.25, -0.2) is 0 Å². The zero-order valence-corrected chi connectivity index (χ0v) is 26.0. The van der Waals surface area contributed by atoms with Gasteiger partial charge in [-0.3, -0.25) is 38.1 Å². The number of nitrogens with two attached hydrogens (primary N) is 1. The molecule has 0 bridgehead atoms. The van der Waals surface area contributed by atoms with Crippen molar-refractivity contribution in [1.82, 2.24) is 30.7 Å². The summed E-state index contributed by atoms with van der Waals surface area (Å²) < 4.78 is 11.4. The van der Waals surface area contributed by atoms with Crippen LogP contribution in [0.5, 0.6) is 0 Å². The first-order valence-electron chi connectivity index (χ1n) is 14.5. The van der Waals surface area contributed by atoms with Gasteiger partial charge in [-0.1, -0.05) is 0 Å². The Morgan fingerprint density at radius 2 is 1.83 bits per heavy atom. The molecule has 1 unspecified atom stereocenters. The van der Waals surface area contributed by atoms with Crippen LogP contribution in [0.15, 0.2) is 24.3 Å². The molecule has 0 radical (unpaired) electrons. The van der Waals surface area contributed by atoms with E-state index in [1.54, 1.807) is 0 Å². The standard InChI is InChI=1S/C28H36N7O10P/c1-14(36)34-10-9-17-4-7-22(26(40)32-19(24(38)30-2)6-8-23(29)37)35(17)27(41)21(13-34)33-25(39)20-12-16-11-15(3-5-18(16)31-20)28(42)46(43,44)45/h3,5,11-12,17,19,21-22,31H,4,6-10,13H2,1-2H3,(H2,29,37)(H,30,38)(H,32,40)(H,33,39)(H2,43,44,45)/t17-,19+,21?,22+/m1/s1. The Morgan fingerprint density at radius 3 is 2.46 bits per heavy atom. The van der Waals surface area contributed by atoms with Crippen molar-refractivity contribution < 1.29 is 47.9 Å². The van der Waals surface area contributed by atoms with E-state index in [9.17, 15) is 47.9 Å². The van der Waals surface area contributed by atoms with Crippen LogP contribution in [-0.4, -0.2) is 110 Å². The minimum atomic E-state index is -5.04. The van der Waals surface area contributed by atoms with E-state index in [-0.39, 0.29) is 49.5 Å². The number of carbonyl (C=O) groups is 7. The minimum absolute atomic E-state index is 0.0323. The first kappa shape index (κ1) is 34.3. The lowest BCUT2D eigenvalue weighted by atomic mass is 10.1. The second-order valence-corrected chi connectivity index (χ2v) is 12.8. The number of aromatic amines is 1. The topological polar surface area (TPSA) is 261 Å². The maximum atomic E-state index is 14.0. The van der Waals surface area contributed by atoms with Gasteiger partial charge in [0, 0.05) is 56.0 Å². The monoisotopic (exact) mass is 661 g/mol. The Morgan fingerprint density at radius 1 is 1.11 bits per heavy atom. The van der Waals surface area contributed by atoms with Crippen molar-refractivity contribution in [1.29, 1.82) is 0 Å². The molecule has 0 saturated carbocycles. The van der Waals surface area contributed by atoms with E-state index in [1.807, 2.05) is 0 Å². The highest BCUT2D eigenvalue weighted by atomic mass is 31.2. The summed E-state index contributed by atoms with van der Waals surface area (Å²) >= 11 is 0. The summed E-state index contributed by atoms with van der Waals surface area (Å²) in [5.74, 6) is -3.48. The normalized spacial score (nSPS) is 20.7. The molecule has 4 atom stereocenters. The van der Waals surface area contributed by atoms with Crippen molar-refractivity contribution in [2.24, 2.45) is 5.73 Å². The third kappa shape index (κ3) is 7.61. The van der Waals surface area contributed by atoms with E-state index >= 15 is 0 Å². The molecule has 2 aliphatic heterocycles. The molecule has 18 heteroatoms. The molecule has 6 amide bonds. The Balaban J connectivity index is 1.58. The van der Waals surface area contributed by atoms with Crippen LogP contribution in [0.3, 0.4) is 0 Å².